The summed E-state index contributed by atoms with van der Waals surface area (Å²) in [7, 11) is 1.33. The Kier molecular flexibility index (Phi) is 5.92. The van der Waals surface area contributed by atoms with Crippen LogP contribution in [0.5, 0.6) is 5.75 Å². The van der Waals surface area contributed by atoms with Gasteiger partial charge in [0, 0.05) is 5.02 Å². The number of esters is 1. The fourth-order valence-corrected chi connectivity index (χ4v) is 3.48. The third-order valence-electron chi connectivity index (χ3n) is 3.96. The van der Waals surface area contributed by atoms with Crippen LogP contribution in [-0.2, 0) is 14.3 Å². The molecule has 1 N–H and O–H groups in total. The molecule has 1 fully saturated rings. The summed E-state index contributed by atoms with van der Waals surface area (Å²) in [6.07, 6.45) is 2.18. The van der Waals surface area contributed by atoms with Gasteiger partial charge in [-0.3, -0.25) is 4.79 Å². The quantitative estimate of drug-likeness (QED) is 0.763. The normalized spacial score (nSPS) is 17.4. The van der Waals surface area contributed by atoms with Gasteiger partial charge >= 0.3 is 5.97 Å². The first kappa shape index (κ1) is 18.1. The lowest BCUT2D eigenvalue weighted by Gasteiger charge is -2.28. The van der Waals surface area contributed by atoms with Crippen molar-refractivity contribution in [2.45, 2.75) is 44.2 Å². The predicted octanol–water partition coefficient (Wildman–Crippen LogP) is 3.47. The molecule has 0 aliphatic heterocycles. The van der Waals surface area contributed by atoms with Gasteiger partial charge in [0.25, 0.3) is 5.91 Å². The fourth-order valence-electron chi connectivity index (χ4n) is 2.71. The maximum atomic E-state index is 12.4. The van der Waals surface area contributed by atoms with Crippen LogP contribution >= 0.6 is 27.5 Å². The average Bonchev–Trinajstić information content (AvgIpc) is 2.98. The molecule has 0 heterocycles. The number of benzene rings is 1. The maximum Gasteiger partial charge on any atom is 0.331 e. The van der Waals surface area contributed by atoms with Gasteiger partial charge in [-0.05, 0) is 53.9 Å². The van der Waals surface area contributed by atoms with Crippen molar-refractivity contribution < 1.29 is 19.1 Å². The largest absolute Gasteiger partial charge is 0.480 e. The molecule has 1 saturated carbocycles. The van der Waals surface area contributed by atoms with Crippen LogP contribution in [0.3, 0.4) is 0 Å². The van der Waals surface area contributed by atoms with Crippen molar-refractivity contribution in [2.24, 2.45) is 0 Å². The average molecular weight is 405 g/mol. The number of nitrogens with one attached hydrogen (secondary N) is 1. The van der Waals surface area contributed by atoms with Gasteiger partial charge in [-0.1, -0.05) is 24.4 Å². The minimum atomic E-state index is -0.930. The van der Waals surface area contributed by atoms with E-state index in [1.165, 1.54) is 7.11 Å². The second-order valence-corrected chi connectivity index (χ2v) is 6.90. The predicted molar refractivity (Wildman–Crippen MR) is 90.6 cm³/mol. The zero-order valence-corrected chi connectivity index (χ0v) is 15.4. The van der Waals surface area contributed by atoms with E-state index >= 15 is 0 Å². The van der Waals surface area contributed by atoms with Gasteiger partial charge in [0.15, 0.2) is 6.10 Å². The van der Waals surface area contributed by atoms with Crippen LogP contribution < -0.4 is 10.1 Å². The fraction of sp³-hybridized carbons (Fsp3) is 0.500. The van der Waals surface area contributed by atoms with Crippen molar-refractivity contribution in [3.8, 4) is 5.75 Å². The number of carbonyl (C=O) groups excluding carboxylic acids is 2. The molecule has 2 rings (SSSR count). The van der Waals surface area contributed by atoms with E-state index in [0.717, 1.165) is 12.8 Å². The molecule has 0 saturated heterocycles. The SMILES string of the molecule is COC(=O)C1(NC(=O)C(C)Oc2ccc(Cl)cc2Br)CCCC1. The van der Waals surface area contributed by atoms with E-state index in [9.17, 15) is 9.59 Å². The number of rotatable bonds is 5. The van der Waals surface area contributed by atoms with Gasteiger partial charge in [-0.2, -0.15) is 0 Å². The molecule has 1 aromatic rings. The monoisotopic (exact) mass is 403 g/mol. The zero-order valence-electron chi connectivity index (χ0n) is 13.0. The number of hydrogen-bond donors (Lipinski definition) is 1. The Morgan fingerprint density at radius 1 is 1.35 bits per heavy atom. The molecule has 1 amide bonds. The van der Waals surface area contributed by atoms with Crippen LogP contribution in [0.15, 0.2) is 22.7 Å². The Morgan fingerprint density at radius 3 is 2.57 bits per heavy atom. The van der Waals surface area contributed by atoms with E-state index in [2.05, 4.69) is 21.2 Å². The van der Waals surface area contributed by atoms with Gasteiger partial charge in [-0.25, -0.2) is 4.79 Å². The Bertz CT molecular complexity index is 602. The topological polar surface area (TPSA) is 64.6 Å². The lowest BCUT2D eigenvalue weighted by atomic mass is 9.97. The highest BCUT2D eigenvalue weighted by molar-refractivity contribution is 9.10. The van der Waals surface area contributed by atoms with Crippen LogP contribution in [0.2, 0.25) is 5.02 Å². The number of methoxy groups -OCH3 is 1. The molecule has 0 radical (unpaired) electrons. The first-order chi connectivity index (χ1) is 10.9. The summed E-state index contributed by atoms with van der Waals surface area (Å²) < 4.78 is 11.2. The molecule has 126 valence electrons. The van der Waals surface area contributed by atoms with Crippen LogP contribution in [0.1, 0.15) is 32.6 Å². The number of halogens is 2. The minimum absolute atomic E-state index is 0.348. The smallest absolute Gasteiger partial charge is 0.331 e. The Balaban J connectivity index is 2.05. The van der Waals surface area contributed by atoms with E-state index in [0.29, 0.717) is 28.1 Å². The van der Waals surface area contributed by atoms with Crippen molar-refractivity contribution in [1.29, 1.82) is 0 Å². The highest BCUT2D eigenvalue weighted by Gasteiger charge is 2.44. The summed E-state index contributed by atoms with van der Waals surface area (Å²) in [5.41, 5.74) is -0.930. The summed E-state index contributed by atoms with van der Waals surface area (Å²) in [6, 6.07) is 5.05. The summed E-state index contributed by atoms with van der Waals surface area (Å²) in [6.45, 7) is 1.64. The highest BCUT2D eigenvalue weighted by Crippen LogP contribution is 2.32. The lowest BCUT2D eigenvalue weighted by molar-refractivity contribution is -0.151. The third-order valence-corrected chi connectivity index (χ3v) is 4.82. The standard InChI is InChI=1S/C16H19BrClNO4/c1-10(23-13-6-5-11(18)9-12(13)17)14(20)19-16(15(21)22-2)7-3-4-8-16/h5-6,9-10H,3-4,7-8H2,1-2H3,(H,19,20). The summed E-state index contributed by atoms with van der Waals surface area (Å²) >= 11 is 9.22. The molecule has 7 heteroatoms. The molecule has 0 bridgehead atoms. The van der Waals surface area contributed by atoms with Crippen molar-refractivity contribution in [3.05, 3.63) is 27.7 Å². The van der Waals surface area contributed by atoms with Crippen molar-refractivity contribution in [2.75, 3.05) is 7.11 Å². The van der Waals surface area contributed by atoms with Crippen LogP contribution in [0.25, 0.3) is 0 Å². The molecule has 1 aliphatic rings. The van der Waals surface area contributed by atoms with E-state index in [-0.39, 0.29) is 5.91 Å². The molecule has 23 heavy (non-hydrogen) atoms. The second kappa shape index (κ2) is 7.53. The van der Waals surface area contributed by atoms with Gasteiger partial charge in [0.1, 0.15) is 11.3 Å². The van der Waals surface area contributed by atoms with E-state index in [4.69, 9.17) is 21.1 Å². The Hall–Kier alpha value is -1.27. The molecular weight excluding hydrogens is 386 g/mol. The van der Waals surface area contributed by atoms with Gasteiger partial charge in [0.2, 0.25) is 0 Å². The van der Waals surface area contributed by atoms with Crippen LogP contribution in [0, 0.1) is 0 Å². The molecule has 0 aromatic heterocycles. The minimum Gasteiger partial charge on any atom is -0.480 e. The van der Waals surface area contributed by atoms with Crippen molar-refractivity contribution in [3.63, 3.8) is 0 Å². The summed E-state index contributed by atoms with van der Waals surface area (Å²) in [5.74, 6) is -0.238. The van der Waals surface area contributed by atoms with E-state index in [1.807, 2.05) is 0 Å². The van der Waals surface area contributed by atoms with Crippen molar-refractivity contribution >= 4 is 39.4 Å². The molecule has 1 unspecified atom stereocenters. The third kappa shape index (κ3) is 4.18. The van der Waals surface area contributed by atoms with Crippen LogP contribution in [-0.4, -0.2) is 30.6 Å². The van der Waals surface area contributed by atoms with Crippen LogP contribution in [0.4, 0.5) is 0 Å². The van der Waals surface area contributed by atoms with Gasteiger partial charge in [0.05, 0.1) is 11.6 Å². The van der Waals surface area contributed by atoms with E-state index in [1.54, 1.807) is 25.1 Å². The molecule has 0 spiro atoms. The number of ether oxygens (including phenoxy) is 2. The second-order valence-electron chi connectivity index (χ2n) is 5.60. The Morgan fingerprint density at radius 2 is 2.00 bits per heavy atom. The molecule has 1 atom stereocenters. The van der Waals surface area contributed by atoms with E-state index < -0.39 is 17.6 Å². The Labute approximate surface area is 148 Å². The highest BCUT2D eigenvalue weighted by atomic mass is 79.9. The first-order valence-corrected chi connectivity index (χ1v) is 8.57. The number of hydrogen-bond acceptors (Lipinski definition) is 4. The van der Waals surface area contributed by atoms with Crippen molar-refractivity contribution in [1.82, 2.24) is 5.32 Å². The molecule has 5 nitrogen and oxygen atoms in total. The zero-order chi connectivity index (χ0) is 17.0. The summed E-state index contributed by atoms with van der Waals surface area (Å²) in [4.78, 5) is 24.5. The lowest BCUT2D eigenvalue weighted by Crippen LogP contribution is -2.56. The molecule has 1 aromatic carbocycles. The first-order valence-electron chi connectivity index (χ1n) is 7.40. The number of amides is 1. The summed E-state index contributed by atoms with van der Waals surface area (Å²) in [5, 5.41) is 3.38. The number of carbonyl (C=O) groups is 2. The maximum absolute atomic E-state index is 12.4. The molecular formula is C16H19BrClNO4. The van der Waals surface area contributed by atoms with Gasteiger partial charge < -0.3 is 14.8 Å². The molecule has 1 aliphatic carbocycles. The van der Waals surface area contributed by atoms with Gasteiger partial charge in [-0.15, -0.1) is 0 Å².